The average Bonchev–Trinajstić information content (AvgIpc) is 2.86. The largest absolute Gasteiger partial charge is 0.496 e. The summed E-state index contributed by atoms with van der Waals surface area (Å²) in [5, 5.41) is 5.79. The third-order valence-corrected chi connectivity index (χ3v) is 4.30. The summed E-state index contributed by atoms with van der Waals surface area (Å²) in [7, 11) is 1.73. The number of hydrogen-bond donors (Lipinski definition) is 1. The van der Waals surface area contributed by atoms with Gasteiger partial charge < -0.3 is 10.1 Å². The third-order valence-electron chi connectivity index (χ3n) is 3.21. The van der Waals surface area contributed by atoms with Crippen molar-refractivity contribution < 1.29 is 4.74 Å². The van der Waals surface area contributed by atoms with Gasteiger partial charge in [-0.1, -0.05) is 25.1 Å². The fraction of sp³-hybridized carbons (Fsp3) is 0.375. The summed E-state index contributed by atoms with van der Waals surface area (Å²) in [5.41, 5.74) is 2.55. The first-order valence-electron chi connectivity index (χ1n) is 6.68. The Kier molecular flexibility index (Phi) is 5.00. The zero-order valence-corrected chi connectivity index (χ0v) is 12.6. The monoisotopic (exact) mass is 275 g/mol. The fourth-order valence-corrected chi connectivity index (χ4v) is 3.24. The van der Waals surface area contributed by atoms with Crippen LogP contribution in [0.3, 0.4) is 0 Å². The van der Waals surface area contributed by atoms with Crippen LogP contribution < -0.4 is 10.1 Å². The second-order valence-corrected chi connectivity index (χ2v) is 5.54. The van der Waals surface area contributed by atoms with E-state index < -0.39 is 0 Å². The number of para-hydroxylation sites is 1. The first-order valence-corrected chi connectivity index (χ1v) is 7.56. The number of methoxy groups -OCH3 is 1. The first-order chi connectivity index (χ1) is 9.27. The van der Waals surface area contributed by atoms with Gasteiger partial charge in [-0.2, -0.15) is 0 Å². The van der Waals surface area contributed by atoms with Crippen molar-refractivity contribution in [3.8, 4) is 5.75 Å². The Labute approximate surface area is 119 Å². The molecule has 102 valence electrons. The molecule has 2 rings (SSSR count). The van der Waals surface area contributed by atoms with Gasteiger partial charge in [-0.15, -0.1) is 11.3 Å². The second-order valence-electron chi connectivity index (χ2n) is 4.60. The number of aryl methyl sites for hydroxylation is 1. The predicted molar refractivity (Wildman–Crippen MR) is 82.2 cm³/mol. The number of thiophene rings is 1. The molecule has 0 radical (unpaired) electrons. The van der Waals surface area contributed by atoms with Crippen molar-refractivity contribution in [1.82, 2.24) is 5.32 Å². The molecule has 1 N–H and O–H groups in total. The van der Waals surface area contributed by atoms with E-state index in [9.17, 15) is 0 Å². The summed E-state index contributed by atoms with van der Waals surface area (Å²) in [6.45, 7) is 5.36. The van der Waals surface area contributed by atoms with E-state index >= 15 is 0 Å². The van der Waals surface area contributed by atoms with E-state index in [-0.39, 0.29) is 6.04 Å². The van der Waals surface area contributed by atoms with Crippen LogP contribution in [0.15, 0.2) is 35.7 Å². The van der Waals surface area contributed by atoms with Crippen LogP contribution in [0.1, 0.15) is 35.4 Å². The van der Waals surface area contributed by atoms with E-state index in [1.54, 1.807) is 18.4 Å². The Morgan fingerprint density at radius 2 is 2.05 bits per heavy atom. The van der Waals surface area contributed by atoms with Crippen LogP contribution in [0.4, 0.5) is 0 Å². The van der Waals surface area contributed by atoms with Crippen molar-refractivity contribution in [2.45, 2.75) is 26.3 Å². The SMILES string of the molecule is CCCNC(c1ccccc1OC)c1sccc1C. The molecule has 1 atom stereocenters. The van der Waals surface area contributed by atoms with Crippen molar-refractivity contribution in [3.63, 3.8) is 0 Å². The highest BCUT2D eigenvalue weighted by Gasteiger charge is 2.19. The van der Waals surface area contributed by atoms with Crippen molar-refractivity contribution in [1.29, 1.82) is 0 Å². The molecule has 2 aromatic rings. The maximum absolute atomic E-state index is 5.51. The molecule has 0 aliphatic rings. The van der Waals surface area contributed by atoms with Gasteiger partial charge in [-0.3, -0.25) is 0 Å². The van der Waals surface area contributed by atoms with Gasteiger partial charge in [0.05, 0.1) is 13.2 Å². The Morgan fingerprint density at radius 1 is 1.26 bits per heavy atom. The van der Waals surface area contributed by atoms with Crippen LogP contribution in [0, 0.1) is 6.92 Å². The molecule has 2 nitrogen and oxygen atoms in total. The summed E-state index contributed by atoms with van der Waals surface area (Å²) in [6, 6.07) is 10.7. The van der Waals surface area contributed by atoms with Crippen molar-refractivity contribution >= 4 is 11.3 Å². The van der Waals surface area contributed by atoms with Crippen LogP contribution in [0.25, 0.3) is 0 Å². The molecule has 0 amide bonds. The number of ether oxygens (including phenoxy) is 1. The minimum absolute atomic E-state index is 0.219. The molecule has 0 spiro atoms. The lowest BCUT2D eigenvalue weighted by atomic mass is 10.0. The van der Waals surface area contributed by atoms with Crippen LogP contribution >= 0.6 is 11.3 Å². The molecule has 1 unspecified atom stereocenters. The van der Waals surface area contributed by atoms with E-state index in [0.29, 0.717) is 0 Å². The van der Waals surface area contributed by atoms with Crippen molar-refractivity contribution in [2.75, 3.05) is 13.7 Å². The molecular weight excluding hydrogens is 254 g/mol. The van der Waals surface area contributed by atoms with E-state index in [4.69, 9.17) is 4.74 Å². The lowest BCUT2D eigenvalue weighted by molar-refractivity contribution is 0.404. The van der Waals surface area contributed by atoms with E-state index in [0.717, 1.165) is 18.7 Å². The maximum Gasteiger partial charge on any atom is 0.124 e. The van der Waals surface area contributed by atoms with Gasteiger partial charge in [0.2, 0.25) is 0 Å². The summed E-state index contributed by atoms with van der Waals surface area (Å²) < 4.78 is 5.51. The van der Waals surface area contributed by atoms with Crippen LogP contribution in [-0.2, 0) is 0 Å². The molecular formula is C16H21NOS. The highest BCUT2D eigenvalue weighted by Crippen LogP contribution is 2.34. The Hall–Kier alpha value is -1.32. The highest BCUT2D eigenvalue weighted by molar-refractivity contribution is 7.10. The molecule has 0 aliphatic heterocycles. The zero-order valence-electron chi connectivity index (χ0n) is 11.8. The number of rotatable bonds is 6. The van der Waals surface area contributed by atoms with Gasteiger partial charge in [-0.25, -0.2) is 0 Å². The maximum atomic E-state index is 5.51. The predicted octanol–water partition coefficient (Wildman–Crippen LogP) is 4.15. The Bertz CT molecular complexity index is 521. The first kappa shape index (κ1) is 14.1. The summed E-state index contributed by atoms with van der Waals surface area (Å²) >= 11 is 1.80. The molecule has 19 heavy (non-hydrogen) atoms. The van der Waals surface area contributed by atoms with Crippen molar-refractivity contribution in [3.05, 3.63) is 51.7 Å². The van der Waals surface area contributed by atoms with Crippen LogP contribution in [-0.4, -0.2) is 13.7 Å². The van der Waals surface area contributed by atoms with Crippen molar-refractivity contribution in [2.24, 2.45) is 0 Å². The minimum atomic E-state index is 0.219. The van der Waals surface area contributed by atoms with Crippen LogP contribution in [0.5, 0.6) is 5.75 Å². The van der Waals surface area contributed by atoms with Gasteiger partial charge in [-0.05, 0) is 43.0 Å². The molecule has 3 heteroatoms. The zero-order chi connectivity index (χ0) is 13.7. The van der Waals surface area contributed by atoms with Gasteiger partial charge in [0.15, 0.2) is 0 Å². The molecule has 0 saturated heterocycles. The molecule has 1 aromatic heterocycles. The number of hydrogen-bond acceptors (Lipinski definition) is 3. The van der Waals surface area contributed by atoms with E-state index in [1.807, 2.05) is 12.1 Å². The standard InChI is InChI=1S/C16H21NOS/c1-4-10-17-15(16-12(2)9-11-19-16)13-7-5-6-8-14(13)18-3/h5-9,11,15,17H,4,10H2,1-3H3. The van der Waals surface area contributed by atoms with Gasteiger partial charge >= 0.3 is 0 Å². The molecule has 0 bridgehead atoms. The van der Waals surface area contributed by atoms with Gasteiger partial charge in [0.25, 0.3) is 0 Å². The second kappa shape index (κ2) is 6.73. The average molecular weight is 275 g/mol. The van der Waals surface area contributed by atoms with Crippen LogP contribution in [0.2, 0.25) is 0 Å². The van der Waals surface area contributed by atoms with E-state index in [1.165, 1.54) is 16.0 Å². The Balaban J connectivity index is 2.40. The molecule has 1 aromatic carbocycles. The third kappa shape index (κ3) is 3.17. The van der Waals surface area contributed by atoms with Gasteiger partial charge in [0, 0.05) is 10.4 Å². The Morgan fingerprint density at radius 3 is 2.68 bits per heavy atom. The summed E-state index contributed by atoms with van der Waals surface area (Å²) in [4.78, 5) is 1.37. The highest BCUT2D eigenvalue weighted by atomic mass is 32.1. The lowest BCUT2D eigenvalue weighted by Crippen LogP contribution is -2.23. The number of benzene rings is 1. The molecule has 0 fully saturated rings. The van der Waals surface area contributed by atoms with Gasteiger partial charge in [0.1, 0.15) is 5.75 Å². The molecule has 0 aliphatic carbocycles. The van der Waals surface area contributed by atoms with E-state index in [2.05, 4.69) is 42.7 Å². The lowest BCUT2D eigenvalue weighted by Gasteiger charge is -2.21. The normalized spacial score (nSPS) is 12.4. The molecule has 0 saturated carbocycles. The smallest absolute Gasteiger partial charge is 0.124 e. The summed E-state index contributed by atoms with van der Waals surface area (Å²) in [6.07, 6.45) is 1.12. The topological polar surface area (TPSA) is 21.3 Å². The quantitative estimate of drug-likeness (QED) is 0.855. The number of nitrogens with one attached hydrogen (secondary N) is 1. The minimum Gasteiger partial charge on any atom is -0.496 e. The fourth-order valence-electron chi connectivity index (χ4n) is 2.22. The molecule has 1 heterocycles. The summed E-state index contributed by atoms with van der Waals surface area (Å²) in [5.74, 6) is 0.948.